The maximum Gasteiger partial charge on any atom is 0.231 e. The molecule has 0 atom stereocenters. The second kappa shape index (κ2) is 7.85. The van der Waals surface area contributed by atoms with Crippen LogP contribution in [-0.2, 0) is 9.59 Å². The highest BCUT2D eigenvalue weighted by molar-refractivity contribution is 5.92. The molecule has 0 unspecified atom stereocenters. The predicted octanol–water partition coefficient (Wildman–Crippen LogP) is 2.42. The van der Waals surface area contributed by atoms with E-state index in [0.29, 0.717) is 30.2 Å². The Hall–Kier alpha value is -2.24. The molecule has 0 aliphatic carbocycles. The fraction of sp³-hybridized carbons (Fsp3) is 0.529. The molecule has 1 aromatic carbocycles. The minimum absolute atomic E-state index is 0.0467. The third kappa shape index (κ3) is 4.37. The second-order valence-electron chi connectivity index (χ2n) is 5.63. The van der Waals surface area contributed by atoms with Crippen LogP contribution in [0.4, 0.5) is 5.69 Å². The van der Waals surface area contributed by atoms with Crippen molar-refractivity contribution in [3.8, 4) is 11.5 Å². The van der Waals surface area contributed by atoms with E-state index in [-0.39, 0.29) is 18.6 Å². The van der Waals surface area contributed by atoms with Gasteiger partial charge in [-0.3, -0.25) is 9.59 Å². The molecule has 1 aromatic rings. The van der Waals surface area contributed by atoms with Crippen molar-refractivity contribution < 1.29 is 19.1 Å². The molecule has 0 radical (unpaired) electrons. The summed E-state index contributed by atoms with van der Waals surface area (Å²) in [5.74, 6) is 1.24. The van der Waals surface area contributed by atoms with E-state index in [1.807, 2.05) is 0 Å². The number of hydrogen-bond acceptors (Lipinski definition) is 4. The summed E-state index contributed by atoms with van der Waals surface area (Å²) in [4.78, 5) is 27.4. The highest BCUT2D eigenvalue weighted by Gasteiger charge is 2.19. The minimum Gasteiger partial charge on any atom is -0.454 e. The van der Waals surface area contributed by atoms with Gasteiger partial charge in [0.25, 0.3) is 0 Å². The van der Waals surface area contributed by atoms with Crippen LogP contribution >= 0.6 is 0 Å². The van der Waals surface area contributed by atoms with Crippen LogP contribution < -0.4 is 14.4 Å². The van der Waals surface area contributed by atoms with Gasteiger partial charge in [0.05, 0.1) is 0 Å². The largest absolute Gasteiger partial charge is 0.454 e. The first kappa shape index (κ1) is 17.1. The van der Waals surface area contributed by atoms with Crippen LogP contribution in [0.2, 0.25) is 0 Å². The highest BCUT2D eigenvalue weighted by Crippen LogP contribution is 2.35. The molecular weight excluding hydrogens is 296 g/mol. The van der Waals surface area contributed by atoms with Gasteiger partial charge >= 0.3 is 0 Å². The summed E-state index contributed by atoms with van der Waals surface area (Å²) in [5.41, 5.74) is 0.714. The topological polar surface area (TPSA) is 59.1 Å². The predicted molar refractivity (Wildman–Crippen MR) is 87.8 cm³/mol. The maximum absolute atomic E-state index is 12.1. The number of amides is 2. The SMILES string of the molecule is CCCCN(C)C(=O)CCN(C(C)=O)c1ccc2c(c1)OCO2. The van der Waals surface area contributed by atoms with E-state index < -0.39 is 0 Å². The Morgan fingerprint density at radius 3 is 2.61 bits per heavy atom. The lowest BCUT2D eigenvalue weighted by atomic mass is 10.2. The van der Waals surface area contributed by atoms with Crippen molar-refractivity contribution in [1.29, 1.82) is 0 Å². The normalized spacial score (nSPS) is 12.1. The van der Waals surface area contributed by atoms with E-state index >= 15 is 0 Å². The molecule has 0 aromatic heterocycles. The summed E-state index contributed by atoms with van der Waals surface area (Å²) in [7, 11) is 1.80. The number of benzene rings is 1. The van der Waals surface area contributed by atoms with Crippen molar-refractivity contribution in [3.05, 3.63) is 18.2 Å². The summed E-state index contributed by atoms with van der Waals surface area (Å²) >= 11 is 0. The Balaban J connectivity index is 1.99. The molecular formula is C17H24N2O4. The Kier molecular flexibility index (Phi) is 5.84. The molecule has 0 N–H and O–H groups in total. The molecule has 2 amide bonds. The van der Waals surface area contributed by atoms with Crippen LogP contribution in [0.15, 0.2) is 18.2 Å². The lowest BCUT2D eigenvalue weighted by Gasteiger charge is -2.23. The Labute approximate surface area is 137 Å². The lowest BCUT2D eigenvalue weighted by Crippen LogP contribution is -2.35. The molecule has 0 bridgehead atoms. The zero-order valence-corrected chi connectivity index (χ0v) is 14.0. The van der Waals surface area contributed by atoms with Gasteiger partial charge in [0.15, 0.2) is 11.5 Å². The fourth-order valence-corrected chi connectivity index (χ4v) is 2.44. The van der Waals surface area contributed by atoms with E-state index in [2.05, 4.69) is 6.92 Å². The summed E-state index contributed by atoms with van der Waals surface area (Å²) < 4.78 is 10.6. The number of rotatable bonds is 7. The van der Waals surface area contributed by atoms with Crippen molar-refractivity contribution >= 4 is 17.5 Å². The quantitative estimate of drug-likeness (QED) is 0.774. The molecule has 0 saturated carbocycles. The molecule has 1 aliphatic heterocycles. The van der Waals surface area contributed by atoms with Gasteiger partial charge in [0.1, 0.15) is 0 Å². The average Bonchev–Trinajstić information content (AvgIpc) is 2.99. The van der Waals surface area contributed by atoms with Crippen molar-refractivity contribution in [2.24, 2.45) is 0 Å². The first-order valence-electron chi connectivity index (χ1n) is 7.94. The molecule has 1 heterocycles. The standard InChI is InChI=1S/C17H24N2O4/c1-4-5-9-18(3)17(21)8-10-19(13(2)20)14-6-7-15-16(11-14)23-12-22-15/h6-7,11H,4-5,8-10,12H2,1-3H3. The van der Waals surface area contributed by atoms with Crippen molar-refractivity contribution in [3.63, 3.8) is 0 Å². The van der Waals surface area contributed by atoms with Gasteiger partial charge in [-0.25, -0.2) is 0 Å². The van der Waals surface area contributed by atoms with Gasteiger partial charge in [-0.2, -0.15) is 0 Å². The molecule has 23 heavy (non-hydrogen) atoms. The summed E-state index contributed by atoms with van der Waals surface area (Å²) in [6.45, 7) is 4.88. The van der Waals surface area contributed by atoms with Gasteiger partial charge in [0, 0.05) is 45.2 Å². The molecule has 0 spiro atoms. The van der Waals surface area contributed by atoms with E-state index in [4.69, 9.17) is 9.47 Å². The highest BCUT2D eigenvalue weighted by atomic mass is 16.7. The molecule has 6 nitrogen and oxygen atoms in total. The molecule has 126 valence electrons. The second-order valence-corrected chi connectivity index (χ2v) is 5.63. The third-order valence-corrected chi connectivity index (χ3v) is 3.87. The van der Waals surface area contributed by atoms with E-state index in [9.17, 15) is 9.59 Å². The molecule has 0 fully saturated rings. The van der Waals surface area contributed by atoms with Crippen molar-refractivity contribution in [1.82, 2.24) is 4.90 Å². The first-order valence-corrected chi connectivity index (χ1v) is 7.94. The summed E-state index contributed by atoms with van der Waals surface area (Å²) in [6.07, 6.45) is 2.34. The van der Waals surface area contributed by atoms with Crippen LogP contribution in [0.5, 0.6) is 11.5 Å². The number of anilines is 1. The molecule has 0 saturated heterocycles. The Morgan fingerprint density at radius 2 is 1.91 bits per heavy atom. The Bertz CT molecular complexity index is 574. The summed E-state index contributed by atoms with van der Waals surface area (Å²) in [5, 5.41) is 0. The zero-order valence-electron chi connectivity index (χ0n) is 14.0. The van der Waals surface area contributed by atoms with Crippen LogP contribution in [-0.4, -0.2) is 43.6 Å². The zero-order chi connectivity index (χ0) is 16.8. The number of nitrogens with zero attached hydrogens (tertiary/aromatic N) is 2. The number of carbonyl (C=O) groups is 2. The third-order valence-electron chi connectivity index (χ3n) is 3.87. The van der Waals surface area contributed by atoms with E-state index in [1.54, 1.807) is 35.0 Å². The van der Waals surface area contributed by atoms with Gasteiger partial charge in [0.2, 0.25) is 18.6 Å². The first-order chi connectivity index (χ1) is 11.0. The fourth-order valence-electron chi connectivity index (χ4n) is 2.44. The van der Waals surface area contributed by atoms with Gasteiger partial charge in [-0.05, 0) is 18.6 Å². The van der Waals surface area contributed by atoms with E-state index in [1.165, 1.54) is 6.92 Å². The maximum atomic E-state index is 12.1. The lowest BCUT2D eigenvalue weighted by molar-refractivity contribution is -0.129. The van der Waals surface area contributed by atoms with Crippen molar-refractivity contribution in [2.45, 2.75) is 33.1 Å². The van der Waals surface area contributed by atoms with Gasteiger partial charge < -0.3 is 19.3 Å². The molecule has 6 heteroatoms. The Morgan fingerprint density at radius 1 is 1.17 bits per heavy atom. The van der Waals surface area contributed by atoms with Crippen LogP contribution in [0.25, 0.3) is 0 Å². The molecule has 2 rings (SSSR count). The van der Waals surface area contributed by atoms with Crippen molar-refractivity contribution in [2.75, 3.05) is 31.8 Å². The number of hydrogen-bond donors (Lipinski definition) is 0. The summed E-state index contributed by atoms with van der Waals surface area (Å²) in [6, 6.07) is 5.36. The number of ether oxygens (including phenoxy) is 2. The number of unbranched alkanes of at least 4 members (excludes halogenated alkanes) is 1. The van der Waals surface area contributed by atoms with Crippen LogP contribution in [0.3, 0.4) is 0 Å². The molecule has 1 aliphatic rings. The minimum atomic E-state index is -0.104. The van der Waals surface area contributed by atoms with E-state index in [0.717, 1.165) is 19.4 Å². The smallest absolute Gasteiger partial charge is 0.231 e. The number of carbonyl (C=O) groups excluding carboxylic acids is 2. The monoisotopic (exact) mass is 320 g/mol. The van der Waals surface area contributed by atoms with Gasteiger partial charge in [-0.1, -0.05) is 13.3 Å². The van der Waals surface area contributed by atoms with Gasteiger partial charge in [-0.15, -0.1) is 0 Å². The number of fused-ring (bicyclic) bond motifs is 1. The van der Waals surface area contributed by atoms with Crippen LogP contribution in [0.1, 0.15) is 33.1 Å². The average molecular weight is 320 g/mol. The van der Waals surface area contributed by atoms with Crippen LogP contribution in [0, 0.1) is 0 Å².